The first-order chi connectivity index (χ1) is 10.0. The Bertz CT molecular complexity index is 300. The van der Waals surface area contributed by atoms with Crippen molar-refractivity contribution >= 4 is 11.9 Å². The van der Waals surface area contributed by atoms with Gasteiger partial charge < -0.3 is 11.6 Å². The Balaban J connectivity index is -0.00000200. The predicted octanol–water partition coefficient (Wildman–Crippen LogP) is 1.84. The van der Waals surface area contributed by atoms with Gasteiger partial charge in [0, 0.05) is 0 Å². The maximum absolute atomic E-state index is 11.3. The number of rotatable bonds is 14. The van der Waals surface area contributed by atoms with E-state index in [2.05, 4.69) is 6.92 Å². The van der Waals surface area contributed by atoms with Gasteiger partial charge in [-0.1, -0.05) is 58.8 Å². The molecule has 0 amide bonds. The van der Waals surface area contributed by atoms with E-state index in [0.29, 0.717) is 25.7 Å². The molecule has 0 radical (unpaired) electrons. The summed E-state index contributed by atoms with van der Waals surface area (Å²) < 4.78 is 0. The summed E-state index contributed by atoms with van der Waals surface area (Å²) in [4.78, 5) is 22.3. The molecule has 0 saturated heterocycles. The van der Waals surface area contributed by atoms with E-state index in [0.717, 1.165) is 19.3 Å². The summed E-state index contributed by atoms with van der Waals surface area (Å²) in [6, 6.07) is 0. The molecule has 0 aromatic carbocycles. The van der Waals surface area contributed by atoms with Crippen LogP contribution in [0.15, 0.2) is 0 Å². The molecule has 5 heteroatoms. The van der Waals surface area contributed by atoms with E-state index in [-0.39, 0.29) is 42.8 Å². The summed E-state index contributed by atoms with van der Waals surface area (Å²) in [7, 11) is 0. The van der Waals surface area contributed by atoms with Gasteiger partial charge in [-0.2, -0.15) is 0 Å². The summed E-state index contributed by atoms with van der Waals surface area (Å²) in [5.74, 6) is -2.33. The Morgan fingerprint density at radius 3 is 1.64 bits per heavy atom. The van der Waals surface area contributed by atoms with Gasteiger partial charge >= 0.3 is 41.5 Å². The van der Waals surface area contributed by atoms with E-state index < -0.39 is 11.9 Å². The zero-order valence-corrected chi connectivity index (χ0v) is 16.6. The van der Waals surface area contributed by atoms with Gasteiger partial charge in [-0.15, -0.1) is 0 Å². The average Bonchev–Trinajstić information content (AvgIpc) is 2.43. The molecule has 0 saturated carbocycles. The van der Waals surface area contributed by atoms with Crippen molar-refractivity contribution in [3.8, 4) is 0 Å². The van der Waals surface area contributed by atoms with E-state index in [1.165, 1.54) is 25.7 Å². The molecular weight excluding hydrogens is 291 g/mol. The van der Waals surface area contributed by atoms with Crippen LogP contribution < -0.4 is 29.6 Å². The van der Waals surface area contributed by atoms with E-state index in [1.807, 2.05) is 6.92 Å². The fraction of sp³-hybridized carbons (Fsp3) is 0.882. The minimum atomic E-state index is -0.791. The second-order valence-electron chi connectivity index (χ2n) is 5.99. The number of hydrogen-bond acceptors (Lipinski definition) is 2. The molecule has 126 valence electrons. The Morgan fingerprint density at radius 1 is 0.727 bits per heavy atom. The monoisotopic (exact) mass is 324 g/mol. The average molecular weight is 324 g/mol. The van der Waals surface area contributed by atoms with Crippen molar-refractivity contribution in [1.29, 1.82) is 0 Å². The van der Waals surface area contributed by atoms with Crippen LogP contribution in [0.5, 0.6) is 0 Å². The first-order valence-corrected chi connectivity index (χ1v) is 8.48. The number of hydrogen-bond donors (Lipinski definition) is 2. The molecule has 0 heterocycles. The standard InChI is InChI=1S/C17H32O4.Na.H/c1-3-5-6-7-8-9-11-15(17(20)21)13-12-14(10-4-2)16(18)19;;/h14-15H,3-13H2,1-2H3,(H,18,19)(H,20,21);;/q;+1;-1. The van der Waals surface area contributed by atoms with Gasteiger partial charge in [-0.25, -0.2) is 0 Å². The summed E-state index contributed by atoms with van der Waals surface area (Å²) >= 11 is 0. The molecule has 0 aliphatic rings. The van der Waals surface area contributed by atoms with Gasteiger partial charge in [0.05, 0.1) is 11.8 Å². The topological polar surface area (TPSA) is 74.6 Å². The molecule has 0 spiro atoms. The number of carboxylic acid groups (broad SMARTS) is 2. The molecule has 2 atom stereocenters. The summed E-state index contributed by atoms with van der Waals surface area (Å²) in [5, 5.41) is 18.4. The zero-order chi connectivity index (χ0) is 16.1. The smallest absolute Gasteiger partial charge is 1.00 e. The first-order valence-electron chi connectivity index (χ1n) is 8.48. The number of carboxylic acids is 2. The predicted molar refractivity (Wildman–Crippen MR) is 85.5 cm³/mol. The first kappa shape index (κ1) is 24.2. The van der Waals surface area contributed by atoms with E-state index in [9.17, 15) is 14.7 Å². The number of unbranched alkanes of at least 4 members (excludes halogenated alkanes) is 5. The normalized spacial score (nSPS) is 13.2. The molecule has 2 unspecified atom stereocenters. The molecule has 0 aliphatic carbocycles. The Labute approximate surface area is 158 Å². The molecule has 2 N–H and O–H groups in total. The largest absolute Gasteiger partial charge is 1.00 e. The third kappa shape index (κ3) is 12.5. The van der Waals surface area contributed by atoms with Gasteiger partial charge in [0.25, 0.3) is 0 Å². The molecule has 22 heavy (non-hydrogen) atoms. The van der Waals surface area contributed by atoms with Gasteiger partial charge in [-0.3, -0.25) is 9.59 Å². The maximum atomic E-state index is 11.3. The van der Waals surface area contributed by atoms with Gasteiger partial charge in [-0.05, 0) is 25.7 Å². The summed E-state index contributed by atoms with van der Waals surface area (Å²) in [5.41, 5.74) is 0. The van der Waals surface area contributed by atoms with Crippen molar-refractivity contribution in [3.05, 3.63) is 0 Å². The minimum absolute atomic E-state index is 0. The zero-order valence-electron chi connectivity index (χ0n) is 15.6. The van der Waals surface area contributed by atoms with Crippen molar-refractivity contribution in [3.63, 3.8) is 0 Å². The van der Waals surface area contributed by atoms with Crippen LogP contribution in [0.3, 0.4) is 0 Å². The van der Waals surface area contributed by atoms with Crippen LogP contribution >= 0.6 is 0 Å². The SMILES string of the molecule is CCCCCCCCC(CCC(CCC)C(=O)O)C(=O)O.[H-].[Na+]. The van der Waals surface area contributed by atoms with Crippen LogP contribution in [-0.4, -0.2) is 22.2 Å². The fourth-order valence-electron chi connectivity index (χ4n) is 2.70. The van der Waals surface area contributed by atoms with Crippen molar-refractivity contribution in [1.82, 2.24) is 0 Å². The molecule has 0 aromatic rings. The quantitative estimate of drug-likeness (QED) is 0.378. The van der Waals surface area contributed by atoms with Crippen LogP contribution in [0, 0.1) is 11.8 Å². The van der Waals surface area contributed by atoms with E-state index >= 15 is 0 Å². The molecule has 0 bridgehead atoms. The molecular formula is C17H33NaO4. The van der Waals surface area contributed by atoms with Crippen LogP contribution in [0.1, 0.15) is 85.9 Å². The molecule has 0 aliphatic heterocycles. The van der Waals surface area contributed by atoms with Crippen LogP contribution in [0.2, 0.25) is 0 Å². The van der Waals surface area contributed by atoms with Gasteiger partial charge in [0.1, 0.15) is 0 Å². The third-order valence-electron chi connectivity index (χ3n) is 4.11. The summed E-state index contributed by atoms with van der Waals surface area (Å²) in [6.45, 7) is 4.14. The van der Waals surface area contributed by atoms with E-state index in [4.69, 9.17) is 5.11 Å². The van der Waals surface area contributed by atoms with Crippen molar-refractivity contribution < 1.29 is 50.8 Å². The fourth-order valence-corrected chi connectivity index (χ4v) is 2.70. The summed E-state index contributed by atoms with van der Waals surface area (Å²) in [6.07, 6.45) is 10.0. The Hall–Kier alpha value is -0.0600. The second-order valence-corrected chi connectivity index (χ2v) is 5.99. The number of carbonyl (C=O) groups is 2. The van der Waals surface area contributed by atoms with E-state index in [1.54, 1.807) is 0 Å². The molecule has 0 aromatic heterocycles. The molecule has 4 nitrogen and oxygen atoms in total. The van der Waals surface area contributed by atoms with Crippen molar-refractivity contribution in [2.24, 2.45) is 11.8 Å². The Kier molecular flexibility index (Phi) is 17.4. The minimum Gasteiger partial charge on any atom is -1.00 e. The van der Waals surface area contributed by atoms with Crippen LogP contribution in [0.25, 0.3) is 0 Å². The maximum Gasteiger partial charge on any atom is 1.00 e. The van der Waals surface area contributed by atoms with Crippen molar-refractivity contribution in [2.75, 3.05) is 0 Å². The number of aliphatic carboxylic acids is 2. The van der Waals surface area contributed by atoms with Crippen molar-refractivity contribution in [2.45, 2.75) is 84.5 Å². The molecule has 0 rings (SSSR count). The second kappa shape index (κ2) is 15.8. The van der Waals surface area contributed by atoms with Crippen LogP contribution in [-0.2, 0) is 9.59 Å². The van der Waals surface area contributed by atoms with Gasteiger partial charge in [0.15, 0.2) is 0 Å². The molecule has 0 fully saturated rings. The van der Waals surface area contributed by atoms with Gasteiger partial charge in [0.2, 0.25) is 0 Å². The Morgan fingerprint density at radius 2 is 1.18 bits per heavy atom. The van der Waals surface area contributed by atoms with Crippen LogP contribution in [0.4, 0.5) is 0 Å². The third-order valence-corrected chi connectivity index (χ3v) is 4.11.